The topological polar surface area (TPSA) is 46.5 Å². The summed E-state index contributed by atoms with van der Waals surface area (Å²) in [6.07, 6.45) is 2.01. The van der Waals surface area contributed by atoms with E-state index in [-0.39, 0.29) is 0 Å². The van der Waals surface area contributed by atoms with Gasteiger partial charge in [-0.3, -0.25) is 0 Å². The molecule has 126 valence electrons. The quantitative estimate of drug-likeness (QED) is 0.480. The molecule has 0 fully saturated rings. The Hall–Kier alpha value is -2.24. The van der Waals surface area contributed by atoms with Crippen molar-refractivity contribution in [2.45, 2.75) is 24.4 Å². The van der Waals surface area contributed by atoms with Crippen LogP contribution in [0.5, 0.6) is 0 Å². The first-order valence-corrected chi connectivity index (χ1v) is 9.49. The highest BCUT2D eigenvalue weighted by Crippen LogP contribution is 2.31. The van der Waals surface area contributed by atoms with E-state index in [0.717, 1.165) is 44.8 Å². The number of aromatic amines is 1. The van der Waals surface area contributed by atoms with Gasteiger partial charge in [0.05, 0.1) is 0 Å². The second kappa shape index (κ2) is 6.94. The largest absolute Gasteiger partial charge is 0.360 e. The molecule has 4 rings (SSSR count). The maximum atomic E-state index is 6.07. The fraction of sp³-hybridized carbons (Fsp3) is 0.158. The molecule has 0 aliphatic rings. The van der Waals surface area contributed by atoms with Gasteiger partial charge < -0.3 is 9.55 Å². The van der Waals surface area contributed by atoms with Crippen LogP contribution in [0.4, 0.5) is 0 Å². The first-order chi connectivity index (χ1) is 12.3. The number of hydrogen-bond donors (Lipinski definition) is 1. The summed E-state index contributed by atoms with van der Waals surface area (Å²) in [6.45, 7) is 2.94. The number of thioether (sulfide) groups is 1. The Bertz CT molecular complexity index is 1020. The lowest BCUT2D eigenvalue weighted by Crippen LogP contribution is -1.99. The van der Waals surface area contributed by atoms with Crippen LogP contribution in [0.25, 0.3) is 22.3 Å². The number of fused-ring (bicyclic) bond motifs is 1. The number of nitrogens with zero attached hydrogens (tertiary/aromatic N) is 3. The number of aromatic nitrogens is 4. The van der Waals surface area contributed by atoms with Crippen LogP contribution in [0.2, 0.25) is 5.02 Å². The molecule has 0 unspecified atom stereocenters. The molecule has 0 aliphatic carbocycles. The van der Waals surface area contributed by atoms with E-state index in [1.54, 1.807) is 11.8 Å². The molecule has 2 aromatic heterocycles. The molecular formula is C19H17ClN4S. The third-order valence-electron chi connectivity index (χ3n) is 4.12. The SMILES string of the molecule is CCn1c(SCc2cccc(Cl)c2)nnc1-c1c[nH]c2ccccc12. The van der Waals surface area contributed by atoms with Crippen LogP contribution in [0.1, 0.15) is 12.5 Å². The van der Waals surface area contributed by atoms with Gasteiger partial charge in [0.15, 0.2) is 11.0 Å². The first kappa shape index (κ1) is 16.2. The zero-order valence-corrected chi connectivity index (χ0v) is 15.3. The summed E-state index contributed by atoms with van der Waals surface area (Å²) in [6, 6.07) is 16.2. The van der Waals surface area contributed by atoms with Crippen LogP contribution in [0.3, 0.4) is 0 Å². The summed E-state index contributed by atoms with van der Waals surface area (Å²) in [4.78, 5) is 3.31. The fourth-order valence-electron chi connectivity index (χ4n) is 2.91. The molecule has 0 saturated heterocycles. The minimum absolute atomic E-state index is 0.759. The van der Waals surface area contributed by atoms with E-state index in [9.17, 15) is 0 Å². The average molecular weight is 369 g/mol. The highest BCUT2D eigenvalue weighted by Gasteiger charge is 2.16. The molecule has 2 aromatic carbocycles. The van der Waals surface area contributed by atoms with Crippen molar-refractivity contribution in [1.82, 2.24) is 19.7 Å². The van der Waals surface area contributed by atoms with Crippen molar-refractivity contribution in [2.75, 3.05) is 0 Å². The summed E-state index contributed by atoms with van der Waals surface area (Å²) in [5.74, 6) is 1.71. The van der Waals surface area contributed by atoms with Crippen molar-refractivity contribution in [1.29, 1.82) is 0 Å². The number of H-pyrrole nitrogens is 1. The van der Waals surface area contributed by atoms with E-state index < -0.39 is 0 Å². The summed E-state index contributed by atoms with van der Waals surface area (Å²) in [5, 5.41) is 11.7. The third kappa shape index (κ3) is 3.17. The van der Waals surface area contributed by atoms with Gasteiger partial charge in [-0.15, -0.1) is 10.2 Å². The molecular weight excluding hydrogens is 352 g/mol. The number of halogens is 1. The second-order valence-corrected chi connectivity index (χ2v) is 7.10. The van der Waals surface area contributed by atoms with Crippen molar-refractivity contribution >= 4 is 34.3 Å². The normalized spacial score (nSPS) is 11.3. The van der Waals surface area contributed by atoms with Gasteiger partial charge in [-0.2, -0.15) is 0 Å². The molecule has 25 heavy (non-hydrogen) atoms. The molecule has 0 spiro atoms. The average Bonchev–Trinajstić information content (AvgIpc) is 3.23. The molecule has 6 heteroatoms. The van der Waals surface area contributed by atoms with Crippen molar-refractivity contribution in [3.63, 3.8) is 0 Å². The molecule has 0 bridgehead atoms. The first-order valence-electron chi connectivity index (χ1n) is 8.13. The van der Waals surface area contributed by atoms with Crippen LogP contribution in [0.15, 0.2) is 59.9 Å². The number of rotatable bonds is 5. The predicted molar refractivity (Wildman–Crippen MR) is 104 cm³/mol. The van der Waals surface area contributed by atoms with E-state index in [4.69, 9.17) is 11.6 Å². The summed E-state index contributed by atoms with van der Waals surface area (Å²) >= 11 is 7.74. The molecule has 0 atom stereocenters. The highest BCUT2D eigenvalue weighted by atomic mass is 35.5. The Balaban J connectivity index is 1.65. The molecule has 0 amide bonds. The minimum Gasteiger partial charge on any atom is -0.360 e. The number of nitrogens with one attached hydrogen (secondary N) is 1. The fourth-order valence-corrected chi connectivity index (χ4v) is 4.07. The van der Waals surface area contributed by atoms with E-state index in [1.165, 1.54) is 5.56 Å². The molecule has 2 heterocycles. The lowest BCUT2D eigenvalue weighted by atomic mass is 10.1. The van der Waals surface area contributed by atoms with Crippen LogP contribution in [-0.2, 0) is 12.3 Å². The lowest BCUT2D eigenvalue weighted by molar-refractivity contribution is 0.687. The molecule has 4 aromatic rings. The van der Waals surface area contributed by atoms with Gasteiger partial charge in [-0.1, -0.05) is 53.7 Å². The van der Waals surface area contributed by atoms with Crippen LogP contribution >= 0.6 is 23.4 Å². The molecule has 0 saturated carbocycles. The number of para-hydroxylation sites is 1. The van der Waals surface area contributed by atoms with Crippen molar-refractivity contribution < 1.29 is 0 Å². The molecule has 4 nitrogen and oxygen atoms in total. The third-order valence-corrected chi connectivity index (χ3v) is 5.39. The summed E-state index contributed by atoms with van der Waals surface area (Å²) in [5.41, 5.74) is 3.37. The van der Waals surface area contributed by atoms with Gasteiger partial charge >= 0.3 is 0 Å². The van der Waals surface area contributed by atoms with Gasteiger partial charge in [0.2, 0.25) is 0 Å². The maximum absolute atomic E-state index is 6.07. The smallest absolute Gasteiger partial charge is 0.191 e. The molecule has 1 N–H and O–H groups in total. The van der Waals surface area contributed by atoms with E-state index in [0.29, 0.717) is 0 Å². The highest BCUT2D eigenvalue weighted by molar-refractivity contribution is 7.98. The zero-order valence-electron chi connectivity index (χ0n) is 13.7. The van der Waals surface area contributed by atoms with E-state index >= 15 is 0 Å². The Morgan fingerprint density at radius 3 is 2.84 bits per heavy atom. The number of hydrogen-bond acceptors (Lipinski definition) is 3. The van der Waals surface area contributed by atoms with Crippen LogP contribution in [0, 0.1) is 0 Å². The van der Waals surface area contributed by atoms with Gasteiger partial charge in [-0.25, -0.2) is 0 Å². The van der Waals surface area contributed by atoms with Crippen molar-refractivity contribution in [3.8, 4) is 11.4 Å². The number of benzene rings is 2. The van der Waals surface area contributed by atoms with Crippen LogP contribution in [-0.4, -0.2) is 19.7 Å². The summed E-state index contributed by atoms with van der Waals surface area (Å²) in [7, 11) is 0. The van der Waals surface area contributed by atoms with Gasteiger partial charge in [0.1, 0.15) is 0 Å². The van der Waals surface area contributed by atoms with Gasteiger partial charge in [0, 0.05) is 40.0 Å². The standard InChI is InChI=1S/C19H17ClN4S/c1-2-24-18(16-11-21-17-9-4-3-8-15(16)17)22-23-19(24)25-12-13-6-5-7-14(20)10-13/h3-11,21H,2,12H2,1H3. The van der Waals surface area contributed by atoms with Gasteiger partial charge in [0.25, 0.3) is 0 Å². The van der Waals surface area contributed by atoms with E-state index in [1.807, 2.05) is 36.5 Å². The zero-order chi connectivity index (χ0) is 17.2. The molecule has 0 aliphatic heterocycles. The second-order valence-electron chi connectivity index (χ2n) is 5.72. The lowest BCUT2D eigenvalue weighted by Gasteiger charge is -2.07. The monoisotopic (exact) mass is 368 g/mol. The minimum atomic E-state index is 0.759. The Morgan fingerprint density at radius 2 is 2.00 bits per heavy atom. The van der Waals surface area contributed by atoms with E-state index in [2.05, 4.69) is 44.9 Å². The van der Waals surface area contributed by atoms with Crippen molar-refractivity contribution in [3.05, 3.63) is 65.3 Å². The predicted octanol–water partition coefficient (Wildman–Crippen LogP) is 5.39. The molecule has 0 radical (unpaired) electrons. The Labute approximate surface area is 155 Å². The maximum Gasteiger partial charge on any atom is 0.191 e. The Morgan fingerprint density at radius 1 is 1.12 bits per heavy atom. The van der Waals surface area contributed by atoms with Crippen molar-refractivity contribution in [2.24, 2.45) is 0 Å². The van der Waals surface area contributed by atoms with Crippen LogP contribution < -0.4 is 0 Å². The van der Waals surface area contributed by atoms with Gasteiger partial charge in [-0.05, 0) is 30.7 Å². The summed E-state index contributed by atoms with van der Waals surface area (Å²) < 4.78 is 2.16. The Kier molecular flexibility index (Phi) is 4.51.